The van der Waals surface area contributed by atoms with Gasteiger partial charge in [-0.25, -0.2) is 0 Å². The van der Waals surface area contributed by atoms with E-state index in [1.54, 1.807) is 0 Å². The van der Waals surface area contributed by atoms with Gasteiger partial charge in [0, 0.05) is 12.3 Å². The summed E-state index contributed by atoms with van der Waals surface area (Å²) in [5.74, 6) is 0.620. The van der Waals surface area contributed by atoms with Crippen LogP contribution in [0.4, 0.5) is 0 Å². The molecule has 2 bridgehead atoms. The third-order valence-corrected chi connectivity index (χ3v) is 3.48. The SMILES string of the molecule is C[C@@]12CCC[C@@H](CCC1=O)C2=O. The Morgan fingerprint density at radius 1 is 1.33 bits per heavy atom. The molecule has 12 heavy (non-hydrogen) atoms. The van der Waals surface area contributed by atoms with Crippen molar-refractivity contribution in [2.75, 3.05) is 0 Å². The molecule has 2 heteroatoms. The molecule has 2 saturated carbocycles. The first kappa shape index (κ1) is 7.96. The predicted molar refractivity (Wildman–Crippen MR) is 44.7 cm³/mol. The molecule has 0 spiro atoms. The number of hydrogen-bond acceptors (Lipinski definition) is 2. The highest BCUT2D eigenvalue weighted by Crippen LogP contribution is 2.43. The van der Waals surface area contributed by atoms with E-state index in [-0.39, 0.29) is 17.5 Å². The van der Waals surface area contributed by atoms with Crippen LogP contribution < -0.4 is 0 Å². The molecule has 2 aliphatic rings. The number of carbonyl (C=O) groups is 2. The molecule has 0 aromatic heterocycles. The fourth-order valence-electron chi connectivity index (χ4n) is 2.54. The van der Waals surface area contributed by atoms with E-state index in [1.165, 1.54) is 0 Å². The second-order valence-electron chi connectivity index (χ2n) is 4.25. The van der Waals surface area contributed by atoms with Crippen molar-refractivity contribution >= 4 is 11.6 Å². The molecule has 2 nitrogen and oxygen atoms in total. The number of carbonyl (C=O) groups excluding carboxylic acids is 2. The van der Waals surface area contributed by atoms with E-state index in [0.29, 0.717) is 6.42 Å². The van der Waals surface area contributed by atoms with Gasteiger partial charge < -0.3 is 0 Å². The Labute approximate surface area is 72.3 Å². The van der Waals surface area contributed by atoms with Gasteiger partial charge in [-0.15, -0.1) is 0 Å². The van der Waals surface area contributed by atoms with Gasteiger partial charge in [-0.1, -0.05) is 6.42 Å². The molecular formula is C10H14O2. The number of Topliss-reactive ketones (excluding diaryl/α,β-unsaturated/α-hetero) is 2. The summed E-state index contributed by atoms with van der Waals surface area (Å²) in [6.07, 6.45) is 4.31. The summed E-state index contributed by atoms with van der Waals surface area (Å²) in [5, 5.41) is 0. The van der Waals surface area contributed by atoms with Crippen molar-refractivity contribution in [2.24, 2.45) is 11.3 Å². The Morgan fingerprint density at radius 3 is 2.75 bits per heavy atom. The smallest absolute Gasteiger partial charge is 0.149 e. The first-order valence-electron chi connectivity index (χ1n) is 4.72. The van der Waals surface area contributed by atoms with Crippen molar-refractivity contribution in [1.82, 2.24) is 0 Å². The average Bonchev–Trinajstić information content (AvgIpc) is 2.04. The van der Waals surface area contributed by atoms with Crippen LogP contribution in [0.3, 0.4) is 0 Å². The highest BCUT2D eigenvalue weighted by atomic mass is 16.2. The lowest BCUT2D eigenvalue weighted by atomic mass is 9.61. The van der Waals surface area contributed by atoms with Gasteiger partial charge in [0.05, 0.1) is 5.41 Å². The minimum atomic E-state index is -0.582. The molecule has 0 saturated heterocycles. The van der Waals surface area contributed by atoms with Crippen molar-refractivity contribution in [3.63, 3.8) is 0 Å². The standard InChI is InChI=1S/C10H14O2/c1-10-6-2-3-7(9(10)12)4-5-8(10)11/h7H,2-6H2,1H3/t7-,10+/m0/s1. The van der Waals surface area contributed by atoms with Gasteiger partial charge in [-0.05, 0) is 26.2 Å². The van der Waals surface area contributed by atoms with Gasteiger partial charge in [0.15, 0.2) is 0 Å². The monoisotopic (exact) mass is 166 g/mol. The van der Waals surface area contributed by atoms with E-state index in [0.717, 1.165) is 25.7 Å². The molecule has 0 radical (unpaired) electrons. The lowest BCUT2D eigenvalue weighted by molar-refractivity contribution is -0.149. The second-order valence-corrected chi connectivity index (χ2v) is 4.25. The van der Waals surface area contributed by atoms with Crippen molar-refractivity contribution in [3.05, 3.63) is 0 Å². The molecule has 0 unspecified atom stereocenters. The molecule has 0 amide bonds. The zero-order chi connectivity index (χ0) is 8.77. The van der Waals surface area contributed by atoms with E-state index in [9.17, 15) is 9.59 Å². The van der Waals surface area contributed by atoms with Crippen LogP contribution in [0, 0.1) is 11.3 Å². The highest BCUT2D eigenvalue weighted by molar-refractivity contribution is 6.09. The molecule has 0 aromatic carbocycles. The first-order valence-corrected chi connectivity index (χ1v) is 4.72. The summed E-state index contributed by atoms with van der Waals surface area (Å²) in [6.45, 7) is 1.84. The summed E-state index contributed by atoms with van der Waals surface area (Å²) >= 11 is 0. The topological polar surface area (TPSA) is 34.1 Å². The summed E-state index contributed by atoms with van der Waals surface area (Å²) in [7, 11) is 0. The molecule has 0 heterocycles. The normalized spacial score (nSPS) is 41.6. The lowest BCUT2D eigenvalue weighted by Crippen LogP contribution is -2.47. The lowest BCUT2D eigenvalue weighted by Gasteiger charge is -2.39. The van der Waals surface area contributed by atoms with Gasteiger partial charge in [-0.3, -0.25) is 9.59 Å². The van der Waals surface area contributed by atoms with Crippen molar-refractivity contribution < 1.29 is 9.59 Å². The maximum absolute atomic E-state index is 11.7. The van der Waals surface area contributed by atoms with Crippen LogP contribution in [-0.4, -0.2) is 11.6 Å². The minimum absolute atomic E-state index is 0.184. The Bertz CT molecular complexity index is 244. The van der Waals surface area contributed by atoms with Crippen LogP contribution in [0.2, 0.25) is 0 Å². The Morgan fingerprint density at radius 2 is 2.08 bits per heavy atom. The Balaban J connectivity index is 2.35. The predicted octanol–water partition coefficient (Wildman–Crippen LogP) is 1.72. The number of ketones is 2. The third-order valence-electron chi connectivity index (χ3n) is 3.48. The molecular weight excluding hydrogens is 152 g/mol. The van der Waals surface area contributed by atoms with Crippen LogP contribution in [0.1, 0.15) is 39.0 Å². The fraction of sp³-hybridized carbons (Fsp3) is 0.800. The van der Waals surface area contributed by atoms with Gasteiger partial charge in [0.1, 0.15) is 11.6 Å². The number of fused-ring (bicyclic) bond motifs is 2. The third kappa shape index (κ3) is 0.869. The van der Waals surface area contributed by atoms with Crippen molar-refractivity contribution in [3.8, 4) is 0 Å². The second kappa shape index (κ2) is 2.41. The van der Waals surface area contributed by atoms with Crippen molar-refractivity contribution in [1.29, 1.82) is 0 Å². The van der Waals surface area contributed by atoms with Gasteiger partial charge in [0.25, 0.3) is 0 Å². The van der Waals surface area contributed by atoms with E-state index >= 15 is 0 Å². The van der Waals surface area contributed by atoms with Crippen LogP contribution in [0.5, 0.6) is 0 Å². The van der Waals surface area contributed by atoms with E-state index in [1.807, 2.05) is 6.92 Å². The van der Waals surface area contributed by atoms with Gasteiger partial charge >= 0.3 is 0 Å². The molecule has 2 rings (SSSR count). The van der Waals surface area contributed by atoms with E-state index in [4.69, 9.17) is 0 Å². The van der Waals surface area contributed by atoms with Gasteiger partial charge in [-0.2, -0.15) is 0 Å². The molecule has 2 fully saturated rings. The summed E-state index contributed by atoms with van der Waals surface area (Å²) in [4.78, 5) is 23.2. The average molecular weight is 166 g/mol. The molecule has 2 aliphatic carbocycles. The zero-order valence-corrected chi connectivity index (χ0v) is 7.43. The zero-order valence-electron chi connectivity index (χ0n) is 7.43. The molecule has 0 N–H and O–H groups in total. The molecule has 66 valence electrons. The van der Waals surface area contributed by atoms with Crippen LogP contribution in [0.25, 0.3) is 0 Å². The highest BCUT2D eigenvalue weighted by Gasteiger charge is 2.49. The maximum atomic E-state index is 11.7. The van der Waals surface area contributed by atoms with Gasteiger partial charge in [0.2, 0.25) is 0 Å². The summed E-state index contributed by atoms with van der Waals surface area (Å²) in [6, 6.07) is 0. The van der Waals surface area contributed by atoms with E-state index in [2.05, 4.69) is 0 Å². The maximum Gasteiger partial charge on any atom is 0.149 e. The molecule has 2 atom stereocenters. The Kier molecular flexibility index (Phi) is 1.60. The number of rotatable bonds is 0. The number of hydrogen-bond donors (Lipinski definition) is 0. The van der Waals surface area contributed by atoms with Crippen LogP contribution in [-0.2, 0) is 9.59 Å². The van der Waals surface area contributed by atoms with E-state index < -0.39 is 5.41 Å². The summed E-state index contributed by atoms with van der Waals surface area (Å²) < 4.78 is 0. The quantitative estimate of drug-likeness (QED) is 0.513. The Hall–Kier alpha value is -0.660. The minimum Gasteiger partial charge on any atom is -0.299 e. The van der Waals surface area contributed by atoms with Crippen LogP contribution in [0.15, 0.2) is 0 Å². The van der Waals surface area contributed by atoms with Crippen molar-refractivity contribution in [2.45, 2.75) is 39.0 Å². The molecule has 0 aliphatic heterocycles. The molecule has 0 aromatic rings. The first-order chi connectivity index (χ1) is 5.64. The fourth-order valence-corrected chi connectivity index (χ4v) is 2.54. The summed E-state index contributed by atoms with van der Waals surface area (Å²) in [5.41, 5.74) is -0.582. The largest absolute Gasteiger partial charge is 0.299 e. The van der Waals surface area contributed by atoms with Crippen LogP contribution >= 0.6 is 0 Å².